The van der Waals surface area contributed by atoms with E-state index in [1.807, 2.05) is 30.6 Å². The molecule has 4 aromatic heterocycles. The van der Waals surface area contributed by atoms with Gasteiger partial charge in [-0.15, -0.1) is 88.8 Å². The van der Waals surface area contributed by atoms with E-state index in [1.165, 1.54) is 27.6 Å². The standard InChI is InChI=1S/C71H49N4.Ir/c1-47-48(2)75-70-22-11-10-20-65(70)67-45-58(37-38-66(67)71(75)74-47)62-17-7-9-19-64(62)60-43-50(24-23-49-25-27-55(28-26-49)68-21-12-13-40-72-68)42-59(44-60)63-18-8-6-16-61(63)54-33-35-56(36-34-54)69-46-57(39-41-73-69)53-31-29-52(30-32-53)51-14-4-3-5-15-51;/h3-22,25-27,29-35,37,39-46H,23-24H2,1-2H3;/q-3;+3. The van der Waals surface area contributed by atoms with Crippen LogP contribution in [0.3, 0.4) is 0 Å². The minimum absolute atomic E-state index is 0. The van der Waals surface area contributed by atoms with Gasteiger partial charge in [0.2, 0.25) is 0 Å². The van der Waals surface area contributed by atoms with Crippen LogP contribution in [0, 0.1) is 32.0 Å². The molecule has 4 heterocycles. The molecule has 0 spiro atoms. The van der Waals surface area contributed by atoms with Crippen molar-refractivity contribution in [1.82, 2.24) is 19.4 Å². The Bertz CT molecular complexity index is 4220. The second-order valence-electron chi connectivity index (χ2n) is 19.3. The molecule has 5 heteroatoms. The van der Waals surface area contributed by atoms with Gasteiger partial charge in [0, 0.05) is 29.3 Å². The Hall–Kier alpha value is -8.86. The molecule has 13 rings (SSSR count). The maximum absolute atomic E-state index is 5.06. The third kappa shape index (κ3) is 9.26. The second kappa shape index (κ2) is 20.8. The zero-order chi connectivity index (χ0) is 50.2. The van der Waals surface area contributed by atoms with Gasteiger partial charge >= 0.3 is 20.1 Å². The van der Waals surface area contributed by atoms with Crippen LogP contribution < -0.4 is 0 Å². The van der Waals surface area contributed by atoms with Crippen LogP contribution >= 0.6 is 0 Å². The molecule has 0 radical (unpaired) electrons. The molecule has 0 N–H and O–H groups in total. The summed E-state index contributed by atoms with van der Waals surface area (Å²) in [4.78, 5) is 14.4. The van der Waals surface area contributed by atoms with E-state index in [0.717, 1.165) is 124 Å². The molecule has 0 fully saturated rings. The number of hydrogen-bond acceptors (Lipinski definition) is 3. The number of pyridine rings is 3. The van der Waals surface area contributed by atoms with E-state index in [4.69, 9.17) is 9.97 Å². The summed E-state index contributed by atoms with van der Waals surface area (Å²) in [6, 6.07) is 91.1. The summed E-state index contributed by atoms with van der Waals surface area (Å²) >= 11 is 0. The normalized spacial score (nSPS) is 11.3. The van der Waals surface area contributed by atoms with Crippen molar-refractivity contribution in [2.24, 2.45) is 0 Å². The molecule has 4 nitrogen and oxygen atoms in total. The van der Waals surface area contributed by atoms with Gasteiger partial charge in [0.05, 0.1) is 5.65 Å². The van der Waals surface area contributed by atoms with Crippen molar-refractivity contribution >= 4 is 27.3 Å². The van der Waals surface area contributed by atoms with Gasteiger partial charge in [0.1, 0.15) is 0 Å². The maximum Gasteiger partial charge on any atom is 3.00 e. The molecule has 0 saturated heterocycles. The number of aryl methyl sites for hydroxylation is 4. The van der Waals surface area contributed by atoms with Crippen molar-refractivity contribution in [3.63, 3.8) is 0 Å². The first-order valence-corrected chi connectivity index (χ1v) is 25.6. The number of imidazole rings is 1. The van der Waals surface area contributed by atoms with Crippen LogP contribution in [0.1, 0.15) is 22.5 Å². The van der Waals surface area contributed by atoms with Gasteiger partial charge in [-0.25, -0.2) is 0 Å². The van der Waals surface area contributed by atoms with Crippen LogP contribution in [0.4, 0.5) is 0 Å². The quantitative estimate of drug-likeness (QED) is 0.0957. The fourth-order valence-electron chi connectivity index (χ4n) is 10.7. The van der Waals surface area contributed by atoms with E-state index in [2.05, 4.69) is 248 Å². The smallest absolute Gasteiger partial charge is 0.337 e. The Morgan fingerprint density at radius 1 is 0.395 bits per heavy atom. The first-order chi connectivity index (χ1) is 37.0. The SMILES string of the molecule is Cc1nc2c3[c-]cc(-c4ccccc4-c4cc(CCc5c[c-]c(-c6ccccn6)cc5)cc(-c5ccccc5-c5c[c-]c(-c6cc(-c7ccc(-c8ccccc8)cc7)ccn6)cc5)c4)cc3c3ccccc3n2c1C.[Ir+3]. The number of benzene rings is 9. The molecule has 0 aliphatic rings. The number of rotatable bonds is 11. The summed E-state index contributed by atoms with van der Waals surface area (Å²) in [5.74, 6) is 0. The average Bonchev–Trinajstić information content (AvgIpc) is 3.80. The predicted octanol–water partition coefficient (Wildman–Crippen LogP) is 17.6. The topological polar surface area (TPSA) is 43.1 Å². The number of nitrogens with zero attached hydrogens (tertiary/aromatic N) is 4. The summed E-state index contributed by atoms with van der Waals surface area (Å²) < 4.78 is 2.28. The van der Waals surface area contributed by atoms with E-state index in [1.54, 1.807) is 0 Å². The van der Waals surface area contributed by atoms with E-state index in [-0.39, 0.29) is 20.1 Å². The third-order valence-electron chi connectivity index (χ3n) is 14.7. The minimum Gasteiger partial charge on any atom is -0.337 e. The molecule has 13 aromatic rings. The van der Waals surface area contributed by atoms with Gasteiger partial charge in [-0.2, -0.15) is 0 Å². The van der Waals surface area contributed by atoms with E-state index < -0.39 is 0 Å². The Labute approximate surface area is 457 Å². The average molecular weight is 1150 g/mol. The summed E-state index contributed by atoms with van der Waals surface area (Å²) in [7, 11) is 0. The zero-order valence-electron chi connectivity index (χ0n) is 42.1. The summed E-state index contributed by atoms with van der Waals surface area (Å²) in [6.07, 6.45) is 5.44. The molecule has 0 aliphatic heterocycles. The molecule has 0 bridgehead atoms. The fraction of sp³-hybridized carbons (Fsp3) is 0.0563. The van der Waals surface area contributed by atoms with Crippen molar-refractivity contribution < 1.29 is 20.1 Å². The van der Waals surface area contributed by atoms with Crippen LogP contribution in [0.15, 0.2) is 237 Å². The van der Waals surface area contributed by atoms with Crippen LogP contribution in [-0.4, -0.2) is 19.4 Å². The first kappa shape index (κ1) is 48.1. The molecule has 0 unspecified atom stereocenters. The Balaban J connectivity index is 0.00000582. The van der Waals surface area contributed by atoms with Crippen molar-refractivity contribution in [3.8, 4) is 89.3 Å². The van der Waals surface area contributed by atoms with Crippen molar-refractivity contribution in [3.05, 3.63) is 278 Å². The summed E-state index contributed by atoms with van der Waals surface area (Å²) in [6.45, 7) is 4.24. The molecule has 0 atom stereocenters. The summed E-state index contributed by atoms with van der Waals surface area (Å²) in [5, 5.41) is 3.35. The van der Waals surface area contributed by atoms with Gasteiger partial charge in [-0.1, -0.05) is 186 Å². The molecule has 76 heavy (non-hydrogen) atoms. The van der Waals surface area contributed by atoms with Crippen LogP contribution in [0.25, 0.3) is 117 Å². The predicted molar refractivity (Wildman–Crippen MR) is 309 cm³/mol. The third-order valence-corrected chi connectivity index (χ3v) is 14.7. The zero-order valence-corrected chi connectivity index (χ0v) is 44.4. The van der Waals surface area contributed by atoms with Crippen molar-refractivity contribution in [2.75, 3.05) is 0 Å². The Morgan fingerprint density at radius 2 is 0.974 bits per heavy atom. The van der Waals surface area contributed by atoms with Crippen LogP contribution in [0.2, 0.25) is 0 Å². The van der Waals surface area contributed by atoms with Gasteiger partial charge in [0.15, 0.2) is 0 Å². The van der Waals surface area contributed by atoms with Gasteiger partial charge < -0.3 is 14.4 Å². The molecule has 0 saturated carbocycles. The Kier molecular flexibility index (Phi) is 13.2. The first-order valence-electron chi connectivity index (χ1n) is 25.6. The van der Waals surface area contributed by atoms with E-state index in [0.29, 0.717) is 0 Å². The molecule has 9 aromatic carbocycles. The number of aromatic nitrogens is 4. The van der Waals surface area contributed by atoms with E-state index >= 15 is 0 Å². The second-order valence-corrected chi connectivity index (χ2v) is 19.3. The van der Waals surface area contributed by atoms with Gasteiger partial charge in [0.25, 0.3) is 0 Å². The maximum atomic E-state index is 5.06. The molecule has 0 aliphatic carbocycles. The van der Waals surface area contributed by atoms with Crippen molar-refractivity contribution in [1.29, 1.82) is 0 Å². The van der Waals surface area contributed by atoms with Crippen LogP contribution in [0.5, 0.6) is 0 Å². The van der Waals surface area contributed by atoms with Gasteiger partial charge in [-0.3, -0.25) is 4.98 Å². The van der Waals surface area contributed by atoms with E-state index in [9.17, 15) is 0 Å². The molecule has 0 amide bonds. The molecular formula is C71H49IrN4. The minimum atomic E-state index is 0. The molecular weight excluding hydrogens is 1100 g/mol. The number of fused-ring (bicyclic) bond motifs is 6. The largest absolute Gasteiger partial charge is 3.00 e. The number of hydrogen-bond donors (Lipinski definition) is 0. The number of para-hydroxylation sites is 1. The van der Waals surface area contributed by atoms with Crippen LogP contribution in [-0.2, 0) is 32.9 Å². The molecule has 362 valence electrons. The summed E-state index contributed by atoms with van der Waals surface area (Å²) in [5.41, 5.74) is 24.3. The fourth-order valence-corrected chi connectivity index (χ4v) is 10.7. The monoisotopic (exact) mass is 1150 g/mol. The Morgan fingerprint density at radius 3 is 1.67 bits per heavy atom. The van der Waals surface area contributed by atoms with Gasteiger partial charge in [-0.05, 0) is 111 Å². The van der Waals surface area contributed by atoms with Crippen molar-refractivity contribution in [2.45, 2.75) is 26.7 Å².